The number of hydrogen-bond acceptors (Lipinski definition) is 3. The van der Waals surface area contributed by atoms with Gasteiger partial charge in [0.15, 0.2) is 0 Å². The molecule has 2 aromatic carbocycles. The number of benzene rings is 2. The normalized spacial score (nSPS) is 14.7. The molecule has 1 aromatic heterocycles. The zero-order chi connectivity index (χ0) is 20.2. The quantitative estimate of drug-likeness (QED) is 0.678. The Kier molecular flexibility index (Phi) is 5.76. The van der Waals surface area contributed by atoms with Crippen molar-refractivity contribution < 1.29 is 4.79 Å². The summed E-state index contributed by atoms with van der Waals surface area (Å²) in [6.45, 7) is 6.10. The van der Waals surface area contributed by atoms with Crippen LogP contribution in [0.5, 0.6) is 0 Å². The number of aryl methyl sites for hydroxylation is 2. The zero-order valence-electron chi connectivity index (χ0n) is 17.1. The van der Waals surface area contributed by atoms with E-state index in [1.807, 2.05) is 22.9 Å². The van der Waals surface area contributed by atoms with Crippen LogP contribution in [-0.4, -0.2) is 28.8 Å². The number of amides is 1. The minimum absolute atomic E-state index is 0.0854. The highest BCUT2D eigenvalue weighted by Gasteiger charge is 2.27. The van der Waals surface area contributed by atoms with Gasteiger partial charge in [-0.3, -0.25) is 4.79 Å². The second-order valence-corrected chi connectivity index (χ2v) is 7.68. The summed E-state index contributed by atoms with van der Waals surface area (Å²) in [6.07, 6.45) is 4.61. The van der Waals surface area contributed by atoms with Gasteiger partial charge in [0.2, 0.25) is 0 Å². The number of para-hydroxylation sites is 1. The molecule has 29 heavy (non-hydrogen) atoms. The number of anilines is 1. The lowest BCUT2D eigenvalue weighted by Crippen LogP contribution is -2.29. The molecular formula is C24H28N4O. The van der Waals surface area contributed by atoms with Crippen LogP contribution in [0, 0.1) is 6.92 Å². The fourth-order valence-electron chi connectivity index (χ4n) is 4.05. The predicted molar refractivity (Wildman–Crippen MR) is 117 cm³/mol. The fraction of sp³-hybridized carbons (Fsp3) is 0.333. The van der Waals surface area contributed by atoms with Gasteiger partial charge in [0.05, 0.1) is 23.1 Å². The highest BCUT2D eigenvalue weighted by Crippen LogP contribution is 2.31. The van der Waals surface area contributed by atoms with Gasteiger partial charge in [-0.15, -0.1) is 0 Å². The molecule has 0 bridgehead atoms. The van der Waals surface area contributed by atoms with E-state index in [2.05, 4.69) is 59.9 Å². The van der Waals surface area contributed by atoms with E-state index in [0.717, 1.165) is 55.0 Å². The minimum atomic E-state index is -0.0854. The van der Waals surface area contributed by atoms with Gasteiger partial charge in [-0.25, -0.2) is 4.68 Å². The van der Waals surface area contributed by atoms with Crippen LogP contribution in [0.2, 0.25) is 0 Å². The Hall–Kier alpha value is -2.92. The highest BCUT2D eigenvalue weighted by atomic mass is 16.1. The molecule has 5 heteroatoms. The van der Waals surface area contributed by atoms with Gasteiger partial charge in [-0.05, 0) is 63.0 Å². The Morgan fingerprint density at radius 2 is 1.86 bits per heavy atom. The van der Waals surface area contributed by atoms with E-state index in [4.69, 9.17) is 0 Å². The summed E-state index contributed by atoms with van der Waals surface area (Å²) >= 11 is 0. The lowest BCUT2D eigenvalue weighted by atomic mass is 9.91. The van der Waals surface area contributed by atoms with Crippen LogP contribution in [0.4, 0.5) is 5.69 Å². The number of carbonyl (C=O) groups is 1. The molecule has 0 atom stereocenters. The summed E-state index contributed by atoms with van der Waals surface area (Å²) in [5, 5.41) is 11.2. The summed E-state index contributed by atoms with van der Waals surface area (Å²) in [5.74, 6) is 0.222. The smallest absolute Gasteiger partial charge is 0.259 e. The van der Waals surface area contributed by atoms with Crippen molar-refractivity contribution in [2.24, 2.45) is 0 Å². The number of hydrogen-bond donors (Lipinski definition) is 2. The maximum Gasteiger partial charge on any atom is 0.259 e. The van der Waals surface area contributed by atoms with Crippen LogP contribution in [0.3, 0.4) is 0 Å². The van der Waals surface area contributed by atoms with Crippen LogP contribution in [0.1, 0.15) is 52.9 Å². The number of nitrogens with zero attached hydrogens (tertiary/aromatic N) is 2. The third-order valence-corrected chi connectivity index (χ3v) is 5.70. The Balaban J connectivity index is 1.72. The molecule has 1 aliphatic heterocycles. The molecular weight excluding hydrogens is 360 g/mol. The number of nitrogens with one attached hydrogen (secondary N) is 2. The monoisotopic (exact) mass is 388 g/mol. The number of rotatable bonds is 5. The molecule has 4 rings (SSSR count). The molecule has 3 aromatic rings. The lowest BCUT2D eigenvalue weighted by Gasteiger charge is -2.25. The zero-order valence-corrected chi connectivity index (χ0v) is 17.1. The average Bonchev–Trinajstić information content (AvgIpc) is 3.20. The molecule has 0 aliphatic carbocycles. The van der Waals surface area contributed by atoms with Crippen LogP contribution in [0.25, 0.3) is 5.69 Å². The summed E-state index contributed by atoms with van der Waals surface area (Å²) in [6, 6.07) is 16.3. The molecule has 2 heterocycles. The molecule has 0 unspecified atom stereocenters. The molecule has 0 radical (unpaired) electrons. The molecule has 1 saturated heterocycles. The summed E-state index contributed by atoms with van der Waals surface area (Å²) in [4.78, 5) is 13.3. The molecule has 0 spiro atoms. The second kappa shape index (κ2) is 8.62. The van der Waals surface area contributed by atoms with Crippen molar-refractivity contribution in [3.63, 3.8) is 0 Å². The van der Waals surface area contributed by atoms with Gasteiger partial charge in [-0.2, -0.15) is 5.10 Å². The SMILES string of the molecule is CCc1ccccc1NC(=O)c1cnn(-c2ccc(C)cc2)c1C1CCNCC1. The minimum Gasteiger partial charge on any atom is -0.322 e. The molecule has 1 aliphatic rings. The topological polar surface area (TPSA) is 59.0 Å². The largest absolute Gasteiger partial charge is 0.322 e. The summed E-state index contributed by atoms with van der Waals surface area (Å²) in [5.41, 5.74) is 5.90. The van der Waals surface area contributed by atoms with E-state index in [9.17, 15) is 4.79 Å². The van der Waals surface area contributed by atoms with Crippen molar-refractivity contribution in [3.8, 4) is 5.69 Å². The van der Waals surface area contributed by atoms with Crippen molar-refractivity contribution in [2.45, 2.75) is 39.0 Å². The maximum absolute atomic E-state index is 13.3. The maximum atomic E-state index is 13.3. The Labute approximate surface area is 172 Å². The van der Waals surface area contributed by atoms with E-state index in [-0.39, 0.29) is 5.91 Å². The average molecular weight is 389 g/mol. The lowest BCUT2D eigenvalue weighted by molar-refractivity contribution is 0.102. The standard InChI is InChI=1S/C24H28N4O/c1-3-18-6-4-5-7-22(18)27-24(29)21-16-26-28(20-10-8-17(2)9-11-20)23(21)19-12-14-25-15-13-19/h4-11,16,19,25H,3,12-15H2,1-2H3,(H,27,29). The third-order valence-electron chi connectivity index (χ3n) is 5.70. The van der Waals surface area contributed by atoms with Crippen molar-refractivity contribution in [1.82, 2.24) is 15.1 Å². The Morgan fingerprint density at radius 3 is 2.59 bits per heavy atom. The van der Waals surface area contributed by atoms with E-state index < -0.39 is 0 Å². The number of aromatic nitrogens is 2. The van der Waals surface area contributed by atoms with E-state index in [1.54, 1.807) is 6.20 Å². The second-order valence-electron chi connectivity index (χ2n) is 7.68. The molecule has 0 saturated carbocycles. The highest BCUT2D eigenvalue weighted by molar-refractivity contribution is 6.05. The van der Waals surface area contributed by atoms with Crippen LogP contribution < -0.4 is 10.6 Å². The van der Waals surface area contributed by atoms with E-state index in [0.29, 0.717) is 11.5 Å². The molecule has 150 valence electrons. The number of piperidine rings is 1. The third kappa shape index (κ3) is 4.10. The van der Waals surface area contributed by atoms with Crippen molar-refractivity contribution in [3.05, 3.63) is 77.1 Å². The first-order valence-electron chi connectivity index (χ1n) is 10.4. The van der Waals surface area contributed by atoms with E-state index in [1.165, 1.54) is 5.56 Å². The van der Waals surface area contributed by atoms with E-state index >= 15 is 0 Å². The fourth-order valence-corrected chi connectivity index (χ4v) is 4.05. The van der Waals surface area contributed by atoms with Gasteiger partial charge >= 0.3 is 0 Å². The van der Waals surface area contributed by atoms with Crippen LogP contribution in [0.15, 0.2) is 54.7 Å². The van der Waals surface area contributed by atoms with Crippen molar-refractivity contribution in [1.29, 1.82) is 0 Å². The van der Waals surface area contributed by atoms with Crippen molar-refractivity contribution in [2.75, 3.05) is 18.4 Å². The van der Waals surface area contributed by atoms with Gasteiger partial charge in [0.25, 0.3) is 5.91 Å². The first-order valence-corrected chi connectivity index (χ1v) is 10.4. The van der Waals surface area contributed by atoms with Crippen LogP contribution >= 0.6 is 0 Å². The first-order chi connectivity index (χ1) is 14.2. The van der Waals surface area contributed by atoms with Crippen molar-refractivity contribution >= 4 is 11.6 Å². The van der Waals surface area contributed by atoms with Crippen LogP contribution in [-0.2, 0) is 6.42 Å². The van der Waals surface area contributed by atoms with Gasteiger partial charge in [-0.1, -0.05) is 42.8 Å². The predicted octanol–water partition coefficient (Wildman–Crippen LogP) is 4.46. The summed E-state index contributed by atoms with van der Waals surface area (Å²) in [7, 11) is 0. The van der Waals surface area contributed by atoms with Gasteiger partial charge in [0.1, 0.15) is 0 Å². The first kappa shape index (κ1) is 19.4. The molecule has 5 nitrogen and oxygen atoms in total. The molecule has 2 N–H and O–H groups in total. The molecule has 1 amide bonds. The van der Waals surface area contributed by atoms with Gasteiger partial charge in [0, 0.05) is 11.6 Å². The summed E-state index contributed by atoms with van der Waals surface area (Å²) < 4.78 is 1.95. The Morgan fingerprint density at radius 1 is 1.14 bits per heavy atom. The van der Waals surface area contributed by atoms with Gasteiger partial charge < -0.3 is 10.6 Å². The number of carbonyl (C=O) groups excluding carboxylic acids is 1. The Bertz CT molecular complexity index is 984. The molecule has 1 fully saturated rings.